The first-order valence-corrected chi connectivity index (χ1v) is 10.6. The number of halogens is 2. The molecule has 1 fully saturated rings. The zero-order chi connectivity index (χ0) is 27.1. The van der Waals surface area contributed by atoms with Gasteiger partial charge in [-0.3, -0.25) is 4.79 Å². The van der Waals surface area contributed by atoms with Crippen molar-refractivity contribution in [2.45, 2.75) is 70.1 Å². The Labute approximate surface area is 194 Å². The van der Waals surface area contributed by atoms with Gasteiger partial charge in [-0.1, -0.05) is 36.4 Å². The molecule has 2 N–H and O–H groups in total. The summed E-state index contributed by atoms with van der Waals surface area (Å²) < 4.78 is 70.8. The van der Waals surface area contributed by atoms with E-state index in [9.17, 15) is 23.8 Å². The number of hydrogen-bond donors (Lipinski definition) is 2. The van der Waals surface area contributed by atoms with Crippen LogP contribution in [0.25, 0.3) is 0 Å². The largest absolute Gasteiger partial charge is 0.487 e. The third-order valence-corrected chi connectivity index (χ3v) is 4.96. The Morgan fingerprint density at radius 3 is 2.66 bits per heavy atom. The molecule has 0 saturated heterocycles. The van der Waals surface area contributed by atoms with Gasteiger partial charge in [0.15, 0.2) is 6.61 Å². The number of esters is 1. The highest BCUT2D eigenvalue weighted by Crippen LogP contribution is 2.37. The van der Waals surface area contributed by atoms with Gasteiger partial charge < -0.3 is 19.7 Å². The maximum atomic E-state index is 14.3. The van der Waals surface area contributed by atoms with E-state index in [0.717, 1.165) is 12.2 Å². The maximum Gasteiger partial charge on any atom is 0.306 e. The number of alkyl halides is 2. The van der Waals surface area contributed by atoms with Crippen LogP contribution in [0.4, 0.5) is 8.78 Å². The molecule has 178 valence electrons. The minimum atomic E-state index is -3.33. The van der Waals surface area contributed by atoms with Crippen LogP contribution < -0.4 is 4.74 Å². The first-order chi connectivity index (χ1) is 16.6. The highest BCUT2D eigenvalue weighted by molar-refractivity contribution is 5.69. The summed E-state index contributed by atoms with van der Waals surface area (Å²) in [6.45, 7) is 2.29. The molecule has 0 amide bonds. The van der Waals surface area contributed by atoms with E-state index in [1.54, 1.807) is 44.2 Å². The quantitative estimate of drug-likeness (QED) is 0.353. The number of benzene rings is 1. The van der Waals surface area contributed by atoms with E-state index in [0.29, 0.717) is 6.08 Å². The summed E-state index contributed by atoms with van der Waals surface area (Å²) in [6, 6.07) is 8.14. The minimum Gasteiger partial charge on any atom is -0.487 e. The molecule has 5 nitrogen and oxygen atoms in total. The zero-order valence-electron chi connectivity index (χ0n) is 22.3. The molecule has 0 heterocycles. The van der Waals surface area contributed by atoms with Crippen molar-refractivity contribution in [3.63, 3.8) is 0 Å². The number of aliphatic hydroxyl groups is 2. The Balaban J connectivity index is 2.03. The predicted molar refractivity (Wildman–Crippen MR) is 118 cm³/mol. The van der Waals surface area contributed by atoms with E-state index >= 15 is 0 Å². The van der Waals surface area contributed by atoms with Gasteiger partial charge in [0.2, 0.25) is 0 Å². The number of hydrogen-bond acceptors (Lipinski definition) is 5. The normalized spacial score (nSPS) is 26.7. The third-order valence-electron chi connectivity index (χ3n) is 4.96. The molecule has 2 rings (SSSR count). The van der Waals surface area contributed by atoms with Gasteiger partial charge in [-0.15, -0.1) is 0 Å². The lowest BCUT2D eigenvalue weighted by molar-refractivity contribution is -0.147. The SMILES string of the molecule is [2H]C([2H])(/C=C\C[C@@H]1[C@@H](/C=C/C(F)(F)COc2ccccc2)[C@H](O)C[C@@H]1O)C([2H])([2H])CC(=O)OC(C)C. The molecule has 0 aromatic heterocycles. The summed E-state index contributed by atoms with van der Waals surface area (Å²) in [7, 11) is 0. The Morgan fingerprint density at radius 1 is 1.25 bits per heavy atom. The fourth-order valence-electron chi connectivity index (χ4n) is 3.47. The van der Waals surface area contributed by atoms with Crippen LogP contribution in [0.15, 0.2) is 54.6 Å². The summed E-state index contributed by atoms with van der Waals surface area (Å²) in [5, 5.41) is 20.6. The summed E-state index contributed by atoms with van der Waals surface area (Å²) in [4.78, 5) is 11.8. The Morgan fingerprint density at radius 2 is 1.97 bits per heavy atom. The molecule has 0 radical (unpaired) electrons. The van der Waals surface area contributed by atoms with Crippen molar-refractivity contribution in [1.82, 2.24) is 0 Å². The van der Waals surface area contributed by atoms with E-state index in [1.807, 2.05) is 0 Å². The standard InChI is InChI=1S/C25H34F2O5/c1-18(2)32-24(30)13-9-4-3-8-12-20-21(23(29)16-22(20)28)14-15-25(26,27)17-31-19-10-6-5-7-11-19/h3,5-8,10-11,14-15,18,20-23,28-29H,4,9,12-13,16-17H2,1-2H3/b8-3-,15-14+/t20-,21-,22+,23-/m1/s1/i4D2,9D2. The Bertz CT molecular complexity index is 909. The lowest BCUT2D eigenvalue weighted by atomic mass is 9.89. The van der Waals surface area contributed by atoms with Crippen LogP contribution in [0.2, 0.25) is 0 Å². The van der Waals surface area contributed by atoms with Gasteiger partial charge in [-0.05, 0) is 57.1 Å². The van der Waals surface area contributed by atoms with Crippen LogP contribution in [0, 0.1) is 11.8 Å². The van der Waals surface area contributed by atoms with Gasteiger partial charge in [0.05, 0.1) is 18.3 Å². The molecule has 0 unspecified atom stereocenters. The Kier molecular flexibility index (Phi) is 8.08. The van der Waals surface area contributed by atoms with Crippen molar-refractivity contribution >= 4 is 5.97 Å². The monoisotopic (exact) mass is 456 g/mol. The molecule has 0 spiro atoms. The van der Waals surface area contributed by atoms with E-state index < -0.39 is 67.8 Å². The zero-order valence-corrected chi connectivity index (χ0v) is 18.3. The molecule has 1 aromatic carbocycles. The van der Waals surface area contributed by atoms with Gasteiger partial charge in [0, 0.05) is 24.2 Å². The fourth-order valence-corrected chi connectivity index (χ4v) is 3.47. The van der Waals surface area contributed by atoms with E-state index in [4.69, 9.17) is 15.0 Å². The van der Waals surface area contributed by atoms with Gasteiger partial charge in [-0.2, -0.15) is 8.78 Å². The molecule has 0 aliphatic heterocycles. The van der Waals surface area contributed by atoms with Crippen molar-refractivity contribution in [1.29, 1.82) is 0 Å². The second kappa shape index (κ2) is 12.7. The average Bonchev–Trinajstić information content (AvgIpc) is 3.02. The van der Waals surface area contributed by atoms with Gasteiger partial charge in [-0.25, -0.2) is 0 Å². The van der Waals surface area contributed by atoms with Crippen molar-refractivity contribution in [3.8, 4) is 5.75 Å². The van der Waals surface area contributed by atoms with Crippen LogP contribution in [-0.4, -0.2) is 47.0 Å². The molecule has 1 aliphatic carbocycles. The number of carbonyl (C=O) groups is 1. The van der Waals surface area contributed by atoms with Crippen LogP contribution in [0.3, 0.4) is 0 Å². The predicted octanol–water partition coefficient (Wildman–Crippen LogP) is 4.68. The van der Waals surface area contributed by atoms with E-state index in [-0.39, 0.29) is 18.6 Å². The molecule has 1 aromatic rings. The molecule has 4 atom stereocenters. The number of aliphatic hydroxyl groups excluding tert-OH is 2. The molecule has 1 saturated carbocycles. The van der Waals surface area contributed by atoms with Crippen molar-refractivity contribution < 1.29 is 38.7 Å². The van der Waals surface area contributed by atoms with Crippen LogP contribution in [-0.2, 0) is 9.53 Å². The number of ether oxygens (including phenoxy) is 2. The summed E-state index contributed by atoms with van der Waals surface area (Å²) in [5.41, 5.74) is 0. The molecule has 1 aliphatic rings. The van der Waals surface area contributed by atoms with Crippen LogP contribution in [0.5, 0.6) is 5.75 Å². The number of para-hydroxylation sites is 1. The van der Waals surface area contributed by atoms with Crippen LogP contribution >= 0.6 is 0 Å². The smallest absolute Gasteiger partial charge is 0.306 e. The van der Waals surface area contributed by atoms with Gasteiger partial charge in [0.25, 0.3) is 5.92 Å². The lowest BCUT2D eigenvalue weighted by Gasteiger charge is -2.20. The molecular weight excluding hydrogens is 418 g/mol. The van der Waals surface area contributed by atoms with Gasteiger partial charge in [0.1, 0.15) is 5.75 Å². The third kappa shape index (κ3) is 9.09. The highest BCUT2D eigenvalue weighted by atomic mass is 19.3. The fraction of sp³-hybridized carbons (Fsp3) is 0.560. The van der Waals surface area contributed by atoms with Crippen molar-refractivity contribution in [2.24, 2.45) is 11.8 Å². The molecule has 7 heteroatoms. The minimum absolute atomic E-state index is 0.00531. The van der Waals surface area contributed by atoms with E-state index in [2.05, 4.69) is 0 Å². The molecule has 0 bridgehead atoms. The van der Waals surface area contributed by atoms with Gasteiger partial charge >= 0.3 is 5.97 Å². The Hall–Kier alpha value is -2.25. The lowest BCUT2D eigenvalue weighted by Crippen LogP contribution is -2.25. The van der Waals surface area contributed by atoms with Crippen LogP contribution in [0.1, 0.15) is 51.3 Å². The summed E-state index contributed by atoms with van der Waals surface area (Å²) in [6.07, 6.45) is -4.45. The van der Waals surface area contributed by atoms with Crippen molar-refractivity contribution in [3.05, 3.63) is 54.6 Å². The topological polar surface area (TPSA) is 76.0 Å². The second-order valence-electron chi connectivity index (χ2n) is 8.01. The number of rotatable bonds is 12. The highest BCUT2D eigenvalue weighted by Gasteiger charge is 2.40. The summed E-state index contributed by atoms with van der Waals surface area (Å²) in [5.74, 6) is -5.43. The maximum absolute atomic E-state index is 14.3. The molecule has 32 heavy (non-hydrogen) atoms. The number of carbonyl (C=O) groups excluding carboxylic acids is 1. The second-order valence-corrected chi connectivity index (χ2v) is 8.01. The van der Waals surface area contributed by atoms with Crippen molar-refractivity contribution in [2.75, 3.05) is 6.61 Å². The average molecular weight is 457 g/mol. The molecular formula is C25H34F2O5. The first-order valence-electron chi connectivity index (χ1n) is 12.6. The number of allylic oxidation sites excluding steroid dienone is 2. The first kappa shape index (κ1) is 20.4. The van der Waals surface area contributed by atoms with E-state index in [1.165, 1.54) is 6.08 Å². The summed E-state index contributed by atoms with van der Waals surface area (Å²) >= 11 is 0.